The third kappa shape index (κ3) is 3.71. The number of nitrogens with zero attached hydrogens (tertiary/aromatic N) is 1. The SMILES string of the molecule is CC(C)NC(=O)c1cc(NN)nc(C(C)C)c1. The van der Waals surface area contributed by atoms with Gasteiger partial charge in [0.2, 0.25) is 0 Å². The third-order valence-electron chi connectivity index (χ3n) is 2.27. The molecule has 5 heteroatoms. The molecule has 94 valence electrons. The predicted molar refractivity (Wildman–Crippen MR) is 68.7 cm³/mol. The Bertz CT molecular complexity index is 401. The summed E-state index contributed by atoms with van der Waals surface area (Å²) in [6, 6.07) is 3.54. The van der Waals surface area contributed by atoms with Gasteiger partial charge < -0.3 is 10.7 Å². The number of carbonyl (C=O) groups excluding carboxylic acids is 1. The van der Waals surface area contributed by atoms with Crippen LogP contribution in [-0.2, 0) is 0 Å². The van der Waals surface area contributed by atoms with Crippen molar-refractivity contribution in [2.75, 3.05) is 5.43 Å². The topological polar surface area (TPSA) is 80.0 Å². The van der Waals surface area contributed by atoms with E-state index >= 15 is 0 Å². The Balaban J connectivity index is 3.06. The fraction of sp³-hybridized carbons (Fsp3) is 0.500. The van der Waals surface area contributed by atoms with Crippen molar-refractivity contribution in [3.63, 3.8) is 0 Å². The Morgan fingerprint density at radius 1 is 1.29 bits per heavy atom. The van der Waals surface area contributed by atoms with Gasteiger partial charge in [-0.1, -0.05) is 13.8 Å². The first-order chi connectivity index (χ1) is 7.93. The van der Waals surface area contributed by atoms with Crippen LogP contribution in [-0.4, -0.2) is 16.9 Å². The number of nitrogens with one attached hydrogen (secondary N) is 2. The summed E-state index contributed by atoms with van der Waals surface area (Å²) >= 11 is 0. The summed E-state index contributed by atoms with van der Waals surface area (Å²) in [6.45, 7) is 7.88. The lowest BCUT2D eigenvalue weighted by atomic mass is 10.1. The second kappa shape index (κ2) is 5.63. The van der Waals surface area contributed by atoms with Gasteiger partial charge in [0.15, 0.2) is 0 Å². The first-order valence-corrected chi connectivity index (χ1v) is 5.73. The second-order valence-corrected chi connectivity index (χ2v) is 4.59. The molecule has 0 bridgehead atoms. The van der Waals surface area contributed by atoms with Crippen LogP contribution in [0.4, 0.5) is 5.82 Å². The van der Waals surface area contributed by atoms with Crippen molar-refractivity contribution in [2.24, 2.45) is 5.84 Å². The van der Waals surface area contributed by atoms with E-state index < -0.39 is 0 Å². The maximum absolute atomic E-state index is 11.9. The summed E-state index contributed by atoms with van der Waals surface area (Å²) in [7, 11) is 0. The quantitative estimate of drug-likeness (QED) is 0.548. The largest absolute Gasteiger partial charge is 0.350 e. The summed E-state index contributed by atoms with van der Waals surface area (Å²) in [6.07, 6.45) is 0. The van der Waals surface area contributed by atoms with Gasteiger partial charge >= 0.3 is 0 Å². The van der Waals surface area contributed by atoms with Crippen molar-refractivity contribution in [2.45, 2.75) is 39.7 Å². The lowest BCUT2D eigenvalue weighted by Crippen LogP contribution is -2.30. The lowest BCUT2D eigenvalue weighted by molar-refractivity contribution is 0.0943. The van der Waals surface area contributed by atoms with Gasteiger partial charge in [0.25, 0.3) is 5.91 Å². The molecule has 5 nitrogen and oxygen atoms in total. The summed E-state index contributed by atoms with van der Waals surface area (Å²) in [5.74, 6) is 5.98. The summed E-state index contributed by atoms with van der Waals surface area (Å²) in [4.78, 5) is 16.2. The van der Waals surface area contributed by atoms with Crippen molar-refractivity contribution < 1.29 is 4.79 Å². The van der Waals surface area contributed by atoms with Gasteiger partial charge in [0, 0.05) is 17.3 Å². The smallest absolute Gasteiger partial charge is 0.251 e. The molecule has 0 radical (unpaired) electrons. The van der Waals surface area contributed by atoms with Crippen molar-refractivity contribution in [1.29, 1.82) is 0 Å². The van der Waals surface area contributed by atoms with E-state index in [4.69, 9.17) is 5.84 Å². The zero-order valence-electron chi connectivity index (χ0n) is 10.7. The number of nitrogens with two attached hydrogens (primary N) is 1. The van der Waals surface area contributed by atoms with Crippen LogP contribution in [0.1, 0.15) is 49.7 Å². The molecule has 0 aliphatic heterocycles. The van der Waals surface area contributed by atoms with Crippen molar-refractivity contribution >= 4 is 11.7 Å². The molecule has 0 aromatic carbocycles. The van der Waals surface area contributed by atoms with Crippen LogP contribution in [0.3, 0.4) is 0 Å². The highest BCUT2D eigenvalue weighted by Crippen LogP contribution is 2.17. The minimum absolute atomic E-state index is 0.104. The molecule has 0 aliphatic rings. The summed E-state index contributed by atoms with van der Waals surface area (Å²) < 4.78 is 0. The average Bonchev–Trinajstić information content (AvgIpc) is 2.27. The van der Waals surface area contributed by atoms with Crippen LogP contribution in [0.15, 0.2) is 12.1 Å². The van der Waals surface area contributed by atoms with Gasteiger partial charge in [0.1, 0.15) is 5.82 Å². The summed E-state index contributed by atoms with van der Waals surface area (Å²) in [5.41, 5.74) is 3.90. The van der Waals surface area contributed by atoms with E-state index in [1.165, 1.54) is 0 Å². The Morgan fingerprint density at radius 3 is 2.41 bits per heavy atom. The fourth-order valence-corrected chi connectivity index (χ4v) is 1.40. The number of hydrazine groups is 1. The van der Waals surface area contributed by atoms with Gasteiger partial charge in [-0.15, -0.1) is 0 Å². The van der Waals surface area contributed by atoms with Crippen LogP contribution < -0.4 is 16.6 Å². The number of nitrogen functional groups attached to an aromatic ring is 1. The molecule has 1 heterocycles. The highest BCUT2D eigenvalue weighted by molar-refractivity contribution is 5.95. The predicted octanol–water partition coefficient (Wildman–Crippen LogP) is 1.63. The van der Waals surface area contributed by atoms with Crippen LogP contribution >= 0.6 is 0 Å². The maximum atomic E-state index is 11.9. The maximum Gasteiger partial charge on any atom is 0.251 e. The van der Waals surface area contributed by atoms with Crippen molar-refractivity contribution in [1.82, 2.24) is 10.3 Å². The first kappa shape index (κ1) is 13.4. The standard InChI is InChI=1S/C12H20N4O/c1-7(2)10-5-9(6-11(15-10)16-13)12(17)14-8(3)4/h5-8H,13H2,1-4H3,(H,14,17)(H,15,16). The Hall–Kier alpha value is -1.62. The molecular weight excluding hydrogens is 216 g/mol. The normalized spacial score (nSPS) is 10.8. The van der Waals surface area contributed by atoms with Gasteiger partial charge in [-0.05, 0) is 31.9 Å². The molecule has 17 heavy (non-hydrogen) atoms. The molecule has 0 saturated heterocycles. The van der Waals surface area contributed by atoms with E-state index in [1.54, 1.807) is 12.1 Å². The number of amides is 1. The Labute approximate surface area is 102 Å². The minimum atomic E-state index is -0.110. The highest BCUT2D eigenvalue weighted by Gasteiger charge is 2.12. The molecule has 0 unspecified atom stereocenters. The zero-order valence-corrected chi connectivity index (χ0v) is 10.7. The van der Waals surface area contributed by atoms with Gasteiger partial charge in [-0.2, -0.15) is 0 Å². The number of carbonyl (C=O) groups is 1. The lowest BCUT2D eigenvalue weighted by Gasteiger charge is -2.12. The van der Waals surface area contributed by atoms with E-state index in [0.29, 0.717) is 11.4 Å². The molecular formula is C12H20N4O. The van der Waals surface area contributed by atoms with E-state index in [2.05, 4.69) is 15.7 Å². The van der Waals surface area contributed by atoms with Crippen LogP contribution in [0.2, 0.25) is 0 Å². The fourth-order valence-electron chi connectivity index (χ4n) is 1.40. The minimum Gasteiger partial charge on any atom is -0.350 e. The molecule has 0 spiro atoms. The number of hydrogen-bond donors (Lipinski definition) is 3. The van der Waals surface area contributed by atoms with E-state index in [-0.39, 0.29) is 17.9 Å². The van der Waals surface area contributed by atoms with Gasteiger partial charge in [-0.3, -0.25) is 4.79 Å². The van der Waals surface area contributed by atoms with E-state index in [0.717, 1.165) is 5.69 Å². The number of rotatable bonds is 4. The van der Waals surface area contributed by atoms with E-state index in [1.807, 2.05) is 27.7 Å². The number of anilines is 1. The number of hydrogen-bond acceptors (Lipinski definition) is 4. The second-order valence-electron chi connectivity index (χ2n) is 4.59. The Morgan fingerprint density at radius 2 is 1.94 bits per heavy atom. The molecule has 0 aliphatic carbocycles. The molecule has 1 amide bonds. The van der Waals surface area contributed by atoms with Crippen LogP contribution in [0.25, 0.3) is 0 Å². The zero-order chi connectivity index (χ0) is 13.0. The molecule has 1 aromatic heterocycles. The molecule has 4 N–H and O–H groups in total. The number of pyridine rings is 1. The average molecular weight is 236 g/mol. The molecule has 1 rings (SSSR count). The van der Waals surface area contributed by atoms with E-state index in [9.17, 15) is 4.79 Å². The van der Waals surface area contributed by atoms with Crippen LogP contribution in [0.5, 0.6) is 0 Å². The van der Waals surface area contributed by atoms with Crippen LogP contribution in [0, 0.1) is 0 Å². The first-order valence-electron chi connectivity index (χ1n) is 5.73. The van der Waals surface area contributed by atoms with Crippen molar-refractivity contribution in [3.05, 3.63) is 23.4 Å². The molecule has 0 fully saturated rings. The monoisotopic (exact) mass is 236 g/mol. The molecule has 1 aromatic rings. The highest BCUT2D eigenvalue weighted by atomic mass is 16.1. The van der Waals surface area contributed by atoms with Gasteiger partial charge in [0.05, 0.1) is 0 Å². The number of aromatic nitrogens is 1. The van der Waals surface area contributed by atoms with Crippen molar-refractivity contribution in [3.8, 4) is 0 Å². The molecule has 0 atom stereocenters. The third-order valence-corrected chi connectivity index (χ3v) is 2.27. The molecule has 0 saturated carbocycles. The summed E-state index contributed by atoms with van der Waals surface area (Å²) in [5, 5.41) is 2.84. The van der Waals surface area contributed by atoms with Gasteiger partial charge in [-0.25, -0.2) is 10.8 Å². The Kier molecular flexibility index (Phi) is 4.45.